The lowest BCUT2D eigenvalue weighted by molar-refractivity contribution is -0.137. The minimum atomic E-state index is -4.61. The maximum absolute atomic E-state index is 14.4. The van der Waals surface area contributed by atoms with Crippen molar-refractivity contribution in [3.63, 3.8) is 0 Å². The van der Waals surface area contributed by atoms with Crippen LogP contribution in [0.5, 0.6) is 0 Å². The molecule has 0 aliphatic rings. The highest BCUT2D eigenvalue weighted by atomic mass is 32.2. The summed E-state index contributed by atoms with van der Waals surface area (Å²) in [6, 6.07) is 6.19. The number of sulfonamides is 1. The predicted molar refractivity (Wildman–Crippen MR) is 124 cm³/mol. The molecule has 14 heteroatoms. The highest BCUT2D eigenvalue weighted by Crippen LogP contribution is 2.35. The zero-order valence-electron chi connectivity index (χ0n) is 18.6. The fourth-order valence-electron chi connectivity index (χ4n) is 3.45. The van der Waals surface area contributed by atoms with Crippen LogP contribution in [0.15, 0.2) is 42.9 Å². The predicted octanol–water partition coefficient (Wildman–Crippen LogP) is 4.59. The van der Waals surface area contributed by atoms with Crippen molar-refractivity contribution in [2.24, 2.45) is 0 Å². The van der Waals surface area contributed by atoms with Gasteiger partial charge in [0, 0.05) is 23.3 Å². The molecule has 0 saturated heterocycles. The minimum absolute atomic E-state index is 0.0220. The molecule has 0 aliphatic heterocycles. The fourth-order valence-corrected chi connectivity index (χ4v) is 4.02. The fraction of sp³-hybridized carbons (Fsp3) is 0.182. The van der Waals surface area contributed by atoms with E-state index in [-0.39, 0.29) is 39.5 Å². The SMILES string of the molecule is C[C@@H](Nc1ncc(C#N)c(-c2c[nH]c3ncc(C(F)(F)F)cc23)n1)c1ccc(NS(C)(=O)=O)c(F)c1. The highest BCUT2D eigenvalue weighted by molar-refractivity contribution is 7.92. The van der Waals surface area contributed by atoms with Crippen molar-refractivity contribution in [3.8, 4) is 17.3 Å². The molecule has 0 unspecified atom stereocenters. The Kier molecular flexibility index (Phi) is 6.27. The first-order chi connectivity index (χ1) is 16.9. The van der Waals surface area contributed by atoms with E-state index >= 15 is 0 Å². The Morgan fingerprint density at radius 2 is 1.92 bits per heavy atom. The number of nitrogens with zero attached hydrogens (tertiary/aromatic N) is 4. The Labute approximate surface area is 202 Å². The van der Waals surface area contributed by atoms with Crippen LogP contribution in [0.2, 0.25) is 0 Å². The molecule has 4 aromatic rings. The van der Waals surface area contributed by atoms with Crippen LogP contribution >= 0.6 is 0 Å². The number of alkyl halides is 3. The van der Waals surface area contributed by atoms with E-state index in [4.69, 9.17) is 0 Å². The quantitative estimate of drug-likeness (QED) is 0.317. The van der Waals surface area contributed by atoms with Gasteiger partial charge >= 0.3 is 6.18 Å². The van der Waals surface area contributed by atoms with Crippen LogP contribution in [0.3, 0.4) is 0 Å². The van der Waals surface area contributed by atoms with Crippen molar-refractivity contribution in [2.75, 3.05) is 16.3 Å². The first-order valence-electron chi connectivity index (χ1n) is 10.2. The lowest BCUT2D eigenvalue weighted by Crippen LogP contribution is -2.13. The average Bonchev–Trinajstić information content (AvgIpc) is 3.22. The molecule has 0 spiro atoms. The van der Waals surface area contributed by atoms with Gasteiger partial charge in [0.05, 0.1) is 41.0 Å². The van der Waals surface area contributed by atoms with Gasteiger partial charge in [0.15, 0.2) is 0 Å². The second kappa shape index (κ2) is 9.08. The number of hydrogen-bond acceptors (Lipinski definition) is 7. The number of H-pyrrole nitrogens is 1. The number of aromatic nitrogens is 4. The van der Waals surface area contributed by atoms with Gasteiger partial charge in [-0.05, 0) is 30.7 Å². The number of nitriles is 1. The molecule has 1 atom stereocenters. The number of pyridine rings is 1. The average molecular weight is 519 g/mol. The van der Waals surface area contributed by atoms with E-state index in [2.05, 4.69) is 30.0 Å². The molecule has 0 aliphatic carbocycles. The normalized spacial score (nSPS) is 12.8. The first-order valence-corrected chi connectivity index (χ1v) is 12.1. The standard InChI is InChI=1S/C22H17F4N7O2S/c1-11(12-3-4-18(17(23)5-12)33-36(2,34)35)31-21-30-8-13(7-27)19(32-21)16-10-29-20-15(16)6-14(9-28-20)22(24,25)26/h3-6,8-11,33H,1-2H3,(H,28,29)(H,30,31,32)/t11-/m1/s1. The molecule has 3 heterocycles. The molecular weight excluding hydrogens is 502 g/mol. The van der Waals surface area contributed by atoms with Gasteiger partial charge in [0.2, 0.25) is 16.0 Å². The molecule has 3 N–H and O–H groups in total. The Balaban J connectivity index is 1.68. The monoisotopic (exact) mass is 519 g/mol. The first kappa shape index (κ1) is 24.9. The van der Waals surface area contributed by atoms with Crippen LogP contribution in [0, 0.1) is 17.1 Å². The van der Waals surface area contributed by atoms with Gasteiger partial charge in [-0.1, -0.05) is 6.07 Å². The number of halogens is 4. The van der Waals surface area contributed by atoms with Gasteiger partial charge in [-0.15, -0.1) is 0 Å². The maximum Gasteiger partial charge on any atom is 0.417 e. The highest BCUT2D eigenvalue weighted by Gasteiger charge is 2.31. The molecule has 1 aromatic carbocycles. The topological polar surface area (TPSA) is 136 Å². The van der Waals surface area contributed by atoms with Crippen molar-refractivity contribution < 1.29 is 26.0 Å². The molecule has 0 amide bonds. The van der Waals surface area contributed by atoms with E-state index in [1.807, 2.05) is 6.07 Å². The maximum atomic E-state index is 14.4. The molecule has 0 fully saturated rings. The third-order valence-electron chi connectivity index (χ3n) is 5.16. The van der Waals surface area contributed by atoms with E-state index in [1.54, 1.807) is 6.92 Å². The van der Waals surface area contributed by atoms with Crippen molar-refractivity contribution in [1.82, 2.24) is 19.9 Å². The second-order valence-corrected chi connectivity index (χ2v) is 9.62. The Morgan fingerprint density at radius 3 is 2.56 bits per heavy atom. The molecule has 0 bridgehead atoms. The van der Waals surface area contributed by atoms with Gasteiger partial charge in [0.25, 0.3) is 0 Å². The van der Waals surface area contributed by atoms with E-state index < -0.39 is 33.6 Å². The van der Waals surface area contributed by atoms with Gasteiger partial charge in [-0.2, -0.15) is 18.4 Å². The summed E-state index contributed by atoms with van der Waals surface area (Å²) in [5.74, 6) is -0.760. The molecule has 0 radical (unpaired) electrons. The lowest BCUT2D eigenvalue weighted by atomic mass is 10.1. The summed E-state index contributed by atoms with van der Waals surface area (Å²) < 4.78 is 78.8. The number of fused-ring (bicyclic) bond motifs is 1. The Morgan fingerprint density at radius 1 is 1.17 bits per heavy atom. The van der Waals surface area contributed by atoms with Crippen molar-refractivity contribution in [3.05, 3.63) is 65.4 Å². The number of benzene rings is 1. The van der Waals surface area contributed by atoms with Gasteiger partial charge in [-0.25, -0.2) is 27.8 Å². The summed E-state index contributed by atoms with van der Waals surface area (Å²) in [6.07, 6.45) is -0.381. The van der Waals surface area contributed by atoms with E-state index in [1.165, 1.54) is 24.5 Å². The van der Waals surface area contributed by atoms with Crippen LogP contribution < -0.4 is 10.0 Å². The Hall–Kier alpha value is -4.25. The summed E-state index contributed by atoms with van der Waals surface area (Å²) in [5.41, 5.74) is -0.223. The smallest absolute Gasteiger partial charge is 0.348 e. The van der Waals surface area contributed by atoms with E-state index in [0.717, 1.165) is 18.4 Å². The molecular formula is C22H17F4N7O2S. The van der Waals surface area contributed by atoms with Gasteiger partial charge in [-0.3, -0.25) is 4.72 Å². The van der Waals surface area contributed by atoms with E-state index in [9.17, 15) is 31.2 Å². The van der Waals surface area contributed by atoms with Crippen LogP contribution in [0.4, 0.5) is 29.2 Å². The number of rotatable bonds is 6. The summed E-state index contributed by atoms with van der Waals surface area (Å²) in [6.45, 7) is 1.67. The Bertz CT molecular complexity index is 1610. The van der Waals surface area contributed by atoms with Crippen molar-refractivity contribution >= 4 is 32.7 Å². The van der Waals surface area contributed by atoms with Gasteiger partial charge in [0.1, 0.15) is 17.5 Å². The molecule has 9 nitrogen and oxygen atoms in total. The molecule has 3 aromatic heterocycles. The van der Waals surface area contributed by atoms with Crippen LogP contribution in [-0.4, -0.2) is 34.6 Å². The number of aromatic amines is 1. The third kappa shape index (κ3) is 5.20. The van der Waals surface area contributed by atoms with Crippen LogP contribution in [0.1, 0.15) is 29.7 Å². The van der Waals surface area contributed by atoms with E-state index in [0.29, 0.717) is 11.8 Å². The summed E-state index contributed by atoms with van der Waals surface area (Å²) in [4.78, 5) is 15.0. The summed E-state index contributed by atoms with van der Waals surface area (Å²) >= 11 is 0. The van der Waals surface area contributed by atoms with Crippen LogP contribution in [-0.2, 0) is 16.2 Å². The number of nitrogens with one attached hydrogen (secondary N) is 3. The summed E-state index contributed by atoms with van der Waals surface area (Å²) in [5, 5.41) is 12.6. The lowest BCUT2D eigenvalue weighted by Gasteiger charge is -2.16. The minimum Gasteiger partial charge on any atom is -0.348 e. The number of anilines is 2. The second-order valence-electron chi connectivity index (χ2n) is 7.87. The molecule has 4 rings (SSSR count). The zero-order chi connectivity index (χ0) is 26.3. The third-order valence-corrected chi connectivity index (χ3v) is 5.75. The largest absolute Gasteiger partial charge is 0.417 e. The molecule has 0 saturated carbocycles. The van der Waals surface area contributed by atoms with Crippen molar-refractivity contribution in [1.29, 1.82) is 5.26 Å². The number of hydrogen-bond donors (Lipinski definition) is 3. The molecule has 186 valence electrons. The van der Waals surface area contributed by atoms with Gasteiger partial charge < -0.3 is 10.3 Å². The summed E-state index contributed by atoms with van der Waals surface area (Å²) in [7, 11) is -3.66. The van der Waals surface area contributed by atoms with Crippen molar-refractivity contribution in [2.45, 2.75) is 19.1 Å². The molecule has 36 heavy (non-hydrogen) atoms. The van der Waals surface area contributed by atoms with Crippen LogP contribution in [0.25, 0.3) is 22.3 Å². The zero-order valence-corrected chi connectivity index (χ0v) is 19.5.